The molecule has 1 N–H and O–H groups in total. The van der Waals surface area contributed by atoms with Gasteiger partial charge in [-0.3, -0.25) is 0 Å². The van der Waals surface area contributed by atoms with E-state index in [1.807, 2.05) is 19.1 Å². The van der Waals surface area contributed by atoms with E-state index in [0.717, 1.165) is 35.2 Å². The first kappa shape index (κ1) is 11.0. The third-order valence-electron chi connectivity index (χ3n) is 3.40. The van der Waals surface area contributed by atoms with Crippen molar-refractivity contribution >= 4 is 5.69 Å². The lowest BCUT2D eigenvalue weighted by Crippen LogP contribution is -2.12. The molecule has 0 saturated heterocycles. The molecule has 0 radical (unpaired) electrons. The maximum atomic E-state index is 8.84. The van der Waals surface area contributed by atoms with Gasteiger partial charge in [0.2, 0.25) is 0 Å². The van der Waals surface area contributed by atoms with Gasteiger partial charge in [0.25, 0.3) is 0 Å². The summed E-state index contributed by atoms with van der Waals surface area (Å²) < 4.78 is 0. The highest BCUT2D eigenvalue weighted by Crippen LogP contribution is 2.36. The van der Waals surface area contributed by atoms with Crippen LogP contribution in [0, 0.1) is 30.1 Å². The van der Waals surface area contributed by atoms with E-state index in [1.165, 1.54) is 12.8 Å². The number of rotatable bonds is 4. The number of nitriles is 1. The Morgan fingerprint density at radius 3 is 2.81 bits per heavy atom. The van der Waals surface area contributed by atoms with Crippen molar-refractivity contribution in [3.63, 3.8) is 0 Å². The Labute approximate surface area is 97.3 Å². The average Bonchev–Trinajstić information content (AvgIpc) is 3.10. The Morgan fingerprint density at radius 1 is 1.50 bits per heavy atom. The van der Waals surface area contributed by atoms with Crippen molar-refractivity contribution in [3.05, 3.63) is 29.3 Å². The number of anilines is 1. The number of aryl methyl sites for hydroxylation is 1. The molecule has 0 spiro atoms. The van der Waals surface area contributed by atoms with E-state index >= 15 is 0 Å². The van der Waals surface area contributed by atoms with Crippen molar-refractivity contribution in [2.75, 3.05) is 11.9 Å². The number of benzene rings is 1. The van der Waals surface area contributed by atoms with Gasteiger partial charge in [-0.2, -0.15) is 5.26 Å². The molecule has 0 heterocycles. The lowest BCUT2D eigenvalue weighted by molar-refractivity contribution is 0.536. The van der Waals surface area contributed by atoms with Gasteiger partial charge in [0.15, 0.2) is 0 Å². The number of nitrogens with one attached hydrogen (secondary N) is 1. The Kier molecular flexibility index (Phi) is 3.14. The molecule has 2 rings (SSSR count). The maximum Gasteiger partial charge on any atom is 0.0994 e. The van der Waals surface area contributed by atoms with Crippen LogP contribution in [0.4, 0.5) is 5.69 Å². The summed E-state index contributed by atoms with van der Waals surface area (Å²) in [6, 6.07) is 8.12. The Morgan fingerprint density at radius 2 is 2.25 bits per heavy atom. The summed E-state index contributed by atoms with van der Waals surface area (Å²) in [5.41, 5.74) is 2.94. The summed E-state index contributed by atoms with van der Waals surface area (Å²) in [4.78, 5) is 0. The molecule has 1 fully saturated rings. The molecular formula is C14H18N2. The van der Waals surface area contributed by atoms with Gasteiger partial charge in [0, 0.05) is 12.2 Å². The van der Waals surface area contributed by atoms with Crippen molar-refractivity contribution in [3.8, 4) is 6.07 Å². The van der Waals surface area contributed by atoms with Crippen LogP contribution in [0.15, 0.2) is 18.2 Å². The van der Waals surface area contributed by atoms with Crippen LogP contribution in [0.2, 0.25) is 0 Å². The molecule has 84 valence electrons. The monoisotopic (exact) mass is 214 g/mol. The molecule has 1 aromatic rings. The van der Waals surface area contributed by atoms with Gasteiger partial charge in [-0.1, -0.05) is 6.92 Å². The topological polar surface area (TPSA) is 35.8 Å². The summed E-state index contributed by atoms with van der Waals surface area (Å²) in [5.74, 6) is 1.70. The lowest BCUT2D eigenvalue weighted by atomic mass is 10.1. The molecule has 1 aromatic carbocycles. The van der Waals surface area contributed by atoms with E-state index in [-0.39, 0.29) is 0 Å². The van der Waals surface area contributed by atoms with Gasteiger partial charge < -0.3 is 5.32 Å². The molecule has 1 saturated carbocycles. The van der Waals surface area contributed by atoms with E-state index in [4.69, 9.17) is 5.26 Å². The van der Waals surface area contributed by atoms with Gasteiger partial charge in [0.05, 0.1) is 11.6 Å². The first-order chi connectivity index (χ1) is 7.70. The molecule has 1 unspecified atom stereocenters. The van der Waals surface area contributed by atoms with Crippen LogP contribution in [-0.2, 0) is 0 Å². The molecule has 0 bridgehead atoms. The lowest BCUT2D eigenvalue weighted by Gasteiger charge is -2.13. The number of hydrogen-bond donors (Lipinski definition) is 1. The summed E-state index contributed by atoms with van der Waals surface area (Å²) in [5, 5.41) is 12.3. The van der Waals surface area contributed by atoms with Gasteiger partial charge in [-0.05, 0) is 55.4 Å². The third-order valence-corrected chi connectivity index (χ3v) is 3.40. The van der Waals surface area contributed by atoms with Crippen LogP contribution in [0.25, 0.3) is 0 Å². The summed E-state index contributed by atoms with van der Waals surface area (Å²) in [7, 11) is 0. The molecule has 0 aromatic heterocycles. The Balaban J connectivity index is 1.94. The van der Waals surface area contributed by atoms with Gasteiger partial charge in [-0.15, -0.1) is 0 Å². The van der Waals surface area contributed by atoms with E-state index in [9.17, 15) is 0 Å². The fraction of sp³-hybridized carbons (Fsp3) is 0.500. The molecule has 16 heavy (non-hydrogen) atoms. The minimum Gasteiger partial charge on any atom is -0.385 e. The standard InChI is InChI=1S/C14H18N2/c1-10-7-14(6-5-13(10)8-15)16-9-11(2)12-3-4-12/h5-7,11-12,16H,3-4,9H2,1-2H3. The maximum absolute atomic E-state index is 8.84. The Bertz CT molecular complexity index is 413. The molecule has 0 aliphatic heterocycles. The first-order valence-corrected chi connectivity index (χ1v) is 5.95. The molecule has 1 aliphatic rings. The van der Waals surface area contributed by atoms with E-state index in [2.05, 4.69) is 24.4 Å². The largest absolute Gasteiger partial charge is 0.385 e. The molecule has 1 aliphatic carbocycles. The third kappa shape index (κ3) is 2.55. The zero-order valence-corrected chi connectivity index (χ0v) is 9.96. The summed E-state index contributed by atoms with van der Waals surface area (Å²) >= 11 is 0. The quantitative estimate of drug-likeness (QED) is 0.834. The van der Waals surface area contributed by atoms with Crippen LogP contribution in [0.1, 0.15) is 30.9 Å². The molecule has 0 amide bonds. The summed E-state index contributed by atoms with van der Waals surface area (Å²) in [6.45, 7) is 5.32. The molecule has 1 atom stereocenters. The second kappa shape index (κ2) is 4.57. The van der Waals surface area contributed by atoms with Crippen molar-refractivity contribution in [1.29, 1.82) is 5.26 Å². The van der Waals surface area contributed by atoms with Crippen LogP contribution in [-0.4, -0.2) is 6.54 Å². The predicted molar refractivity (Wildman–Crippen MR) is 66.3 cm³/mol. The van der Waals surface area contributed by atoms with Crippen LogP contribution in [0.5, 0.6) is 0 Å². The molecule has 2 heteroatoms. The molecule has 2 nitrogen and oxygen atoms in total. The van der Waals surface area contributed by atoms with E-state index < -0.39 is 0 Å². The SMILES string of the molecule is Cc1cc(NCC(C)C2CC2)ccc1C#N. The van der Waals surface area contributed by atoms with Gasteiger partial charge >= 0.3 is 0 Å². The summed E-state index contributed by atoms with van der Waals surface area (Å²) in [6.07, 6.45) is 2.80. The molecular weight excluding hydrogens is 196 g/mol. The van der Waals surface area contributed by atoms with E-state index in [1.54, 1.807) is 0 Å². The minimum atomic E-state index is 0.760. The average molecular weight is 214 g/mol. The Hall–Kier alpha value is -1.49. The first-order valence-electron chi connectivity index (χ1n) is 5.95. The zero-order valence-electron chi connectivity index (χ0n) is 9.96. The highest BCUT2D eigenvalue weighted by Gasteiger charge is 2.27. The van der Waals surface area contributed by atoms with Gasteiger partial charge in [-0.25, -0.2) is 0 Å². The van der Waals surface area contributed by atoms with Crippen molar-refractivity contribution < 1.29 is 0 Å². The second-order valence-corrected chi connectivity index (χ2v) is 4.84. The fourth-order valence-corrected chi connectivity index (χ4v) is 2.01. The van der Waals surface area contributed by atoms with Crippen molar-refractivity contribution in [1.82, 2.24) is 0 Å². The van der Waals surface area contributed by atoms with Crippen LogP contribution < -0.4 is 5.32 Å². The van der Waals surface area contributed by atoms with Crippen molar-refractivity contribution in [2.45, 2.75) is 26.7 Å². The van der Waals surface area contributed by atoms with Crippen LogP contribution >= 0.6 is 0 Å². The van der Waals surface area contributed by atoms with E-state index in [0.29, 0.717) is 0 Å². The number of hydrogen-bond acceptors (Lipinski definition) is 2. The smallest absolute Gasteiger partial charge is 0.0994 e. The highest BCUT2D eigenvalue weighted by molar-refractivity contribution is 5.51. The fourth-order valence-electron chi connectivity index (χ4n) is 2.01. The zero-order chi connectivity index (χ0) is 11.5. The van der Waals surface area contributed by atoms with Gasteiger partial charge in [0.1, 0.15) is 0 Å². The minimum absolute atomic E-state index is 0.760. The second-order valence-electron chi connectivity index (χ2n) is 4.84. The predicted octanol–water partition coefficient (Wildman–Crippen LogP) is 3.32. The van der Waals surface area contributed by atoms with Crippen molar-refractivity contribution in [2.24, 2.45) is 11.8 Å². The normalized spacial score (nSPS) is 16.6. The number of nitrogens with zero attached hydrogens (tertiary/aromatic N) is 1. The highest BCUT2D eigenvalue weighted by atomic mass is 14.9. The van der Waals surface area contributed by atoms with Crippen LogP contribution in [0.3, 0.4) is 0 Å².